The maximum atomic E-state index is 11.4. The van der Waals surface area contributed by atoms with Gasteiger partial charge in [-0.05, 0) is 53.7 Å². The maximum absolute atomic E-state index is 11.4. The zero-order chi connectivity index (χ0) is 18.9. The first kappa shape index (κ1) is 22.5. The third-order valence-electron chi connectivity index (χ3n) is 3.65. The lowest BCUT2D eigenvalue weighted by Gasteiger charge is -2.21. The van der Waals surface area contributed by atoms with Gasteiger partial charge in [0.2, 0.25) is 0 Å². The Kier molecular flexibility index (Phi) is 9.75. The van der Waals surface area contributed by atoms with E-state index in [1.165, 1.54) is 0 Å². The summed E-state index contributed by atoms with van der Waals surface area (Å²) in [5.74, 6) is -1.70. The van der Waals surface area contributed by atoms with Gasteiger partial charge in [-0.25, -0.2) is 4.79 Å². The van der Waals surface area contributed by atoms with E-state index in [0.29, 0.717) is 18.6 Å². The van der Waals surface area contributed by atoms with E-state index >= 15 is 0 Å². The molecule has 0 aliphatic carbocycles. The molecule has 1 atom stereocenters. The normalized spacial score (nSPS) is 12.1. The first-order valence-electron chi connectivity index (χ1n) is 8.36. The van der Waals surface area contributed by atoms with Crippen LogP contribution in [-0.2, 0) is 16.6 Å². The van der Waals surface area contributed by atoms with Crippen LogP contribution in [0.5, 0.6) is 0 Å². The molecule has 0 heterocycles. The van der Waals surface area contributed by atoms with Crippen molar-refractivity contribution in [2.75, 3.05) is 5.75 Å². The van der Waals surface area contributed by atoms with E-state index in [4.69, 9.17) is 0 Å². The highest BCUT2D eigenvalue weighted by atomic mass is 32.1. The average Bonchev–Trinajstić information content (AvgIpc) is 2.51. The van der Waals surface area contributed by atoms with Crippen molar-refractivity contribution in [3.63, 3.8) is 0 Å². The second-order valence-electron chi connectivity index (χ2n) is 6.58. The number of thiol groups is 1. The fourth-order valence-electron chi connectivity index (χ4n) is 2.30. The lowest BCUT2D eigenvalue weighted by molar-refractivity contribution is -0.141. The van der Waals surface area contributed by atoms with Crippen LogP contribution < -0.4 is 0 Å². The minimum absolute atomic E-state index is 0.190. The molecule has 136 valence electrons. The van der Waals surface area contributed by atoms with Crippen molar-refractivity contribution >= 4 is 24.6 Å². The van der Waals surface area contributed by atoms with E-state index in [9.17, 15) is 19.8 Å². The Morgan fingerprint density at radius 3 is 2.12 bits per heavy atom. The highest BCUT2D eigenvalue weighted by Crippen LogP contribution is 2.26. The predicted molar refractivity (Wildman–Crippen MR) is 101 cm³/mol. The molecule has 0 amide bonds. The summed E-state index contributed by atoms with van der Waals surface area (Å²) in [5, 5.41) is 18.6. The molecule has 1 aromatic carbocycles. The monoisotopic (exact) mass is 354 g/mol. The Balaban J connectivity index is 0.00000254. The topological polar surface area (TPSA) is 74.6 Å². The lowest BCUT2D eigenvalue weighted by Crippen LogP contribution is -2.18. The second-order valence-corrected chi connectivity index (χ2v) is 7.03. The van der Waals surface area contributed by atoms with Crippen molar-refractivity contribution in [3.8, 4) is 0 Å². The molecule has 0 aromatic heterocycles. The minimum atomic E-state index is -0.991. The SMILES string of the molecule is CC.CC(C)(C)c1cc(CC(CCCS)C(=O)O)cc(C(=O)O)c1. The third kappa shape index (κ3) is 7.39. The second kappa shape index (κ2) is 10.4. The number of aromatic carboxylic acids is 1. The van der Waals surface area contributed by atoms with Crippen LogP contribution in [0, 0.1) is 5.92 Å². The first-order valence-corrected chi connectivity index (χ1v) is 8.99. The number of benzene rings is 1. The molecule has 5 heteroatoms. The van der Waals surface area contributed by atoms with Crippen LogP contribution in [0.25, 0.3) is 0 Å². The summed E-state index contributed by atoms with van der Waals surface area (Å²) in [5.41, 5.74) is 1.68. The van der Waals surface area contributed by atoms with Crippen LogP contribution in [0.15, 0.2) is 18.2 Å². The van der Waals surface area contributed by atoms with Crippen molar-refractivity contribution < 1.29 is 19.8 Å². The van der Waals surface area contributed by atoms with Crippen LogP contribution >= 0.6 is 12.6 Å². The zero-order valence-corrected chi connectivity index (χ0v) is 16.2. The molecular formula is C19H30O4S. The van der Waals surface area contributed by atoms with E-state index in [1.54, 1.807) is 12.1 Å². The number of hydrogen-bond acceptors (Lipinski definition) is 3. The summed E-state index contributed by atoms with van der Waals surface area (Å²) in [6.07, 6.45) is 1.61. The van der Waals surface area contributed by atoms with Crippen LogP contribution in [0.4, 0.5) is 0 Å². The fourth-order valence-corrected chi connectivity index (χ4v) is 2.48. The summed E-state index contributed by atoms with van der Waals surface area (Å²) in [4.78, 5) is 22.7. The molecule has 24 heavy (non-hydrogen) atoms. The van der Waals surface area contributed by atoms with E-state index < -0.39 is 17.9 Å². The summed E-state index contributed by atoms with van der Waals surface area (Å²) in [6, 6.07) is 5.16. The number of rotatable bonds is 7. The molecule has 1 rings (SSSR count). The number of carbonyl (C=O) groups is 2. The van der Waals surface area contributed by atoms with Gasteiger partial charge in [0.1, 0.15) is 0 Å². The Morgan fingerprint density at radius 2 is 1.71 bits per heavy atom. The molecule has 0 saturated carbocycles. The summed E-state index contributed by atoms with van der Waals surface area (Å²) >= 11 is 4.12. The van der Waals surface area contributed by atoms with Gasteiger partial charge in [-0.3, -0.25) is 4.79 Å². The van der Waals surface area contributed by atoms with Gasteiger partial charge in [0.05, 0.1) is 11.5 Å². The summed E-state index contributed by atoms with van der Waals surface area (Å²) < 4.78 is 0. The first-order chi connectivity index (χ1) is 11.1. The van der Waals surface area contributed by atoms with Gasteiger partial charge in [0.15, 0.2) is 0 Å². The Labute approximate surface area is 150 Å². The Morgan fingerprint density at radius 1 is 1.12 bits per heavy atom. The number of carboxylic acids is 2. The quantitative estimate of drug-likeness (QED) is 0.623. The van der Waals surface area contributed by atoms with Gasteiger partial charge < -0.3 is 10.2 Å². The molecule has 0 bridgehead atoms. The van der Waals surface area contributed by atoms with E-state index in [2.05, 4.69) is 12.6 Å². The van der Waals surface area contributed by atoms with Crippen LogP contribution in [0.1, 0.15) is 68.9 Å². The van der Waals surface area contributed by atoms with Crippen LogP contribution in [0.3, 0.4) is 0 Å². The molecule has 0 saturated heterocycles. The molecule has 4 nitrogen and oxygen atoms in total. The van der Waals surface area contributed by atoms with E-state index in [0.717, 1.165) is 17.5 Å². The van der Waals surface area contributed by atoms with Gasteiger partial charge in [-0.1, -0.05) is 40.7 Å². The molecule has 0 fully saturated rings. The molecule has 1 unspecified atom stereocenters. The molecule has 1 aromatic rings. The van der Waals surface area contributed by atoms with Crippen molar-refractivity contribution in [2.45, 2.75) is 59.3 Å². The van der Waals surface area contributed by atoms with Crippen molar-refractivity contribution in [3.05, 3.63) is 34.9 Å². The Bertz CT molecular complexity index is 547. The standard InChI is InChI=1S/C17H24O4S.C2H6/c1-17(2,3)14-9-11(8-13(10-14)16(20)21)7-12(15(18)19)5-4-6-22;1-2/h8-10,12,22H,4-7H2,1-3H3,(H,18,19)(H,20,21);1-2H3. The van der Waals surface area contributed by atoms with E-state index in [1.807, 2.05) is 40.7 Å². The van der Waals surface area contributed by atoms with Gasteiger partial charge in [-0.15, -0.1) is 0 Å². The average molecular weight is 355 g/mol. The molecule has 0 aliphatic rings. The third-order valence-corrected chi connectivity index (χ3v) is 3.96. The van der Waals surface area contributed by atoms with Gasteiger partial charge in [-0.2, -0.15) is 12.6 Å². The van der Waals surface area contributed by atoms with E-state index in [-0.39, 0.29) is 11.0 Å². The molecule has 0 radical (unpaired) electrons. The molecular weight excluding hydrogens is 324 g/mol. The highest BCUT2D eigenvalue weighted by molar-refractivity contribution is 7.80. The number of aliphatic carboxylic acids is 1. The largest absolute Gasteiger partial charge is 0.481 e. The molecule has 0 aliphatic heterocycles. The highest BCUT2D eigenvalue weighted by Gasteiger charge is 2.21. The number of carboxylic acid groups (broad SMARTS) is 2. The van der Waals surface area contributed by atoms with Crippen LogP contribution in [-0.4, -0.2) is 27.9 Å². The smallest absolute Gasteiger partial charge is 0.335 e. The van der Waals surface area contributed by atoms with Crippen molar-refractivity contribution in [1.82, 2.24) is 0 Å². The van der Waals surface area contributed by atoms with Gasteiger partial charge in [0.25, 0.3) is 0 Å². The van der Waals surface area contributed by atoms with Gasteiger partial charge in [0, 0.05) is 0 Å². The predicted octanol–water partition coefficient (Wildman–Crippen LogP) is 4.66. The van der Waals surface area contributed by atoms with Gasteiger partial charge >= 0.3 is 11.9 Å². The number of hydrogen-bond donors (Lipinski definition) is 3. The fraction of sp³-hybridized carbons (Fsp3) is 0.579. The minimum Gasteiger partial charge on any atom is -0.481 e. The molecule has 0 spiro atoms. The maximum Gasteiger partial charge on any atom is 0.335 e. The summed E-state index contributed by atoms with van der Waals surface area (Å²) in [7, 11) is 0. The Hall–Kier alpha value is -1.49. The zero-order valence-electron chi connectivity index (χ0n) is 15.3. The summed E-state index contributed by atoms with van der Waals surface area (Å²) in [6.45, 7) is 10.0. The van der Waals surface area contributed by atoms with Crippen LogP contribution in [0.2, 0.25) is 0 Å². The van der Waals surface area contributed by atoms with Crippen molar-refractivity contribution in [1.29, 1.82) is 0 Å². The lowest BCUT2D eigenvalue weighted by atomic mass is 9.83. The van der Waals surface area contributed by atoms with Crippen molar-refractivity contribution in [2.24, 2.45) is 5.92 Å². The molecule has 2 N–H and O–H groups in total.